The number of fused-ring (bicyclic) bond motifs is 1. The molecule has 1 aromatic heterocycles. The van der Waals surface area contributed by atoms with E-state index < -0.39 is 0 Å². The van der Waals surface area contributed by atoms with Gasteiger partial charge in [0.25, 0.3) is 0 Å². The Labute approximate surface area is 110 Å². The highest BCUT2D eigenvalue weighted by atomic mass is 79.9. The van der Waals surface area contributed by atoms with Crippen LogP contribution in [0.2, 0.25) is 0 Å². The van der Waals surface area contributed by atoms with Gasteiger partial charge in [-0.1, -0.05) is 28.1 Å². The van der Waals surface area contributed by atoms with E-state index in [0.717, 1.165) is 34.9 Å². The first-order valence-electron chi connectivity index (χ1n) is 5.49. The quantitative estimate of drug-likeness (QED) is 0.691. The van der Waals surface area contributed by atoms with Crippen molar-refractivity contribution in [3.8, 4) is 12.3 Å². The standard InChI is InChI=1S/C14H13BrN2/c1-2-3-8-16-10-11-6-7-13(15)12-5-4-9-17-14(11)12/h1,4-7,9,16H,3,8,10H2. The lowest BCUT2D eigenvalue weighted by atomic mass is 10.1. The van der Waals surface area contributed by atoms with Crippen molar-refractivity contribution in [1.82, 2.24) is 10.3 Å². The molecule has 0 aliphatic heterocycles. The zero-order chi connectivity index (χ0) is 12.1. The Morgan fingerprint density at radius 1 is 1.35 bits per heavy atom. The highest BCUT2D eigenvalue weighted by Gasteiger charge is 2.04. The summed E-state index contributed by atoms with van der Waals surface area (Å²) in [6, 6.07) is 8.16. The second-order valence-corrected chi connectivity index (χ2v) is 4.59. The molecule has 1 N–H and O–H groups in total. The predicted molar refractivity (Wildman–Crippen MR) is 74.6 cm³/mol. The highest BCUT2D eigenvalue weighted by Crippen LogP contribution is 2.24. The topological polar surface area (TPSA) is 24.9 Å². The number of hydrogen-bond acceptors (Lipinski definition) is 2. The van der Waals surface area contributed by atoms with E-state index in [1.54, 1.807) is 0 Å². The molecular formula is C14H13BrN2. The second kappa shape index (κ2) is 5.81. The van der Waals surface area contributed by atoms with E-state index in [9.17, 15) is 0 Å². The van der Waals surface area contributed by atoms with Crippen LogP contribution in [-0.2, 0) is 6.54 Å². The summed E-state index contributed by atoms with van der Waals surface area (Å²) in [6.45, 7) is 1.63. The first-order chi connectivity index (χ1) is 8.33. The summed E-state index contributed by atoms with van der Waals surface area (Å²) in [7, 11) is 0. The number of rotatable bonds is 4. The fourth-order valence-corrected chi connectivity index (χ4v) is 2.17. The molecule has 0 aliphatic carbocycles. The van der Waals surface area contributed by atoms with E-state index in [1.807, 2.05) is 12.3 Å². The molecule has 0 unspecified atom stereocenters. The van der Waals surface area contributed by atoms with Gasteiger partial charge in [0.1, 0.15) is 0 Å². The molecule has 2 rings (SSSR count). The Morgan fingerprint density at radius 2 is 2.24 bits per heavy atom. The van der Waals surface area contributed by atoms with Crippen LogP contribution < -0.4 is 5.32 Å². The zero-order valence-corrected chi connectivity index (χ0v) is 11.0. The average Bonchev–Trinajstić information content (AvgIpc) is 2.37. The van der Waals surface area contributed by atoms with Crippen molar-refractivity contribution in [1.29, 1.82) is 0 Å². The van der Waals surface area contributed by atoms with E-state index in [4.69, 9.17) is 6.42 Å². The summed E-state index contributed by atoms with van der Waals surface area (Å²) in [4.78, 5) is 4.43. The molecule has 0 saturated heterocycles. The summed E-state index contributed by atoms with van der Waals surface area (Å²) in [5.74, 6) is 2.61. The van der Waals surface area contributed by atoms with Gasteiger partial charge in [-0.25, -0.2) is 0 Å². The Bertz CT molecular complexity index is 558. The molecule has 0 spiro atoms. The highest BCUT2D eigenvalue weighted by molar-refractivity contribution is 9.10. The van der Waals surface area contributed by atoms with Crippen LogP contribution in [0.3, 0.4) is 0 Å². The van der Waals surface area contributed by atoms with Crippen molar-refractivity contribution >= 4 is 26.8 Å². The van der Waals surface area contributed by atoms with Gasteiger partial charge in [-0.2, -0.15) is 0 Å². The Hall–Kier alpha value is -1.37. The normalized spacial score (nSPS) is 10.4. The molecule has 86 valence electrons. The lowest BCUT2D eigenvalue weighted by Gasteiger charge is -2.07. The van der Waals surface area contributed by atoms with Gasteiger partial charge in [0.2, 0.25) is 0 Å². The molecule has 17 heavy (non-hydrogen) atoms. The first kappa shape index (κ1) is 12.1. The lowest BCUT2D eigenvalue weighted by molar-refractivity contribution is 0.703. The molecule has 2 aromatic rings. The summed E-state index contributed by atoms with van der Waals surface area (Å²) < 4.78 is 1.08. The number of hydrogen-bond donors (Lipinski definition) is 1. The number of halogens is 1. The minimum absolute atomic E-state index is 0.752. The van der Waals surface area contributed by atoms with Gasteiger partial charge in [0.15, 0.2) is 0 Å². The largest absolute Gasteiger partial charge is 0.312 e. The monoisotopic (exact) mass is 288 g/mol. The van der Waals surface area contributed by atoms with Crippen molar-refractivity contribution < 1.29 is 0 Å². The molecular weight excluding hydrogens is 276 g/mol. The zero-order valence-electron chi connectivity index (χ0n) is 9.41. The molecule has 2 nitrogen and oxygen atoms in total. The van der Waals surface area contributed by atoms with E-state index in [0.29, 0.717) is 0 Å². The average molecular weight is 289 g/mol. The number of terminal acetylenes is 1. The summed E-state index contributed by atoms with van der Waals surface area (Å²) >= 11 is 3.54. The maximum atomic E-state index is 5.21. The molecule has 1 heterocycles. The van der Waals surface area contributed by atoms with E-state index in [1.165, 1.54) is 5.56 Å². The maximum Gasteiger partial charge on any atom is 0.0758 e. The molecule has 0 aliphatic rings. The van der Waals surface area contributed by atoms with Crippen molar-refractivity contribution in [2.75, 3.05) is 6.54 Å². The number of aromatic nitrogens is 1. The van der Waals surface area contributed by atoms with Crippen LogP contribution in [-0.4, -0.2) is 11.5 Å². The van der Waals surface area contributed by atoms with Crippen LogP contribution in [0.5, 0.6) is 0 Å². The molecule has 0 atom stereocenters. The van der Waals surface area contributed by atoms with Gasteiger partial charge in [0, 0.05) is 35.6 Å². The number of benzene rings is 1. The molecule has 0 radical (unpaired) electrons. The third kappa shape index (κ3) is 2.85. The molecule has 3 heteroatoms. The molecule has 0 saturated carbocycles. The van der Waals surface area contributed by atoms with Gasteiger partial charge in [-0.3, -0.25) is 4.98 Å². The smallest absolute Gasteiger partial charge is 0.0758 e. The third-order valence-electron chi connectivity index (χ3n) is 2.56. The van der Waals surface area contributed by atoms with Crippen LogP contribution in [0.15, 0.2) is 34.9 Å². The van der Waals surface area contributed by atoms with Crippen molar-refractivity contribution in [2.45, 2.75) is 13.0 Å². The molecule has 0 fully saturated rings. The first-order valence-corrected chi connectivity index (χ1v) is 6.28. The van der Waals surface area contributed by atoms with Gasteiger partial charge < -0.3 is 5.32 Å². The van der Waals surface area contributed by atoms with E-state index in [2.05, 4.69) is 50.4 Å². The second-order valence-electron chi connectivity index (χ2n) is 3.74. The number of nitrogens with one attached hydrogen (secondary N) is 1. The minimum Gasteiger partial charge on any atom is -0.312 e. The SMILES string of the molecule is C#CCCNCc1ccc(Br)c2cccnc12. The Morgan fingerprint density at radius 3 is 3.06 bits per heavy atom. The van der Waals surface area contributed by atoms with Crippen LogP contribution in [0.25, 0.3) is 10.9 Å². The van der Waals surface area contributed by atoms with Crippen LogP contribution in [0.1, 0.15) is 12.0 Å². The Balaban J connectivity index is 2.23. The van der Waals surface area contributed by atoms with Gasteiger partial charge >= 0.3 is 0 Å². The Kier molecular flexibility index (Phi) is 4.13. The maximum absolute atomic E-state index is 5.21. The van der Waals surface area contributed by atoms with Crippen molar-refractivity contribution in [3.05, 3.63) is 40.5 Å². The lowest BCUT2D eigenvalue weighted by Crippen LogP contribution is -2.14. The van der Waals surface area contributed by atoms with Crippen molar-refractivity contribution in [3.63, 3.8) is 0 Å². The van der Waals surface area contributed by atoms with Crippen molar-refractivity contribution in [2.24, 2.45) is 0 Å². The third-order valence-corrected chi connectivity index (χ3v) is 3.25. The fraction of sp³-hybridized carbons (Fsp3) is 0.214. The van der Waals surface area contributed by atoms with Gasteiger partial charge in [-0.15, -0.1) is 12.3 Å². The predicted octanol–water partition coefficient (Wildman–Crippen LogP) is 3.11. The van der Waals surface area contributed by atoms with E-state index >= 15 is 0 Å². The van der Waals surface area contributed by atoms with E-state index in [-0.39, 0.29) is 0 Å². The number of nitrogens with zero attached hydrogens (tertiary/aromatic N) is 1. The summed E-state index contributed by atoms with van der Waals surface area (Å²) in [5.41, 5.74) is 2.23. The summed E-state index contributed by atoms with van der Waals surface area (Å²) in [5, 5.41) is 4.46. The van der Waals surface area contributed by atoms with Gasteiger partial charge in [0.05, 0.1) is 5.52 Å². The van der Waals surface area contributed by atoms with Crippen LogP contribution in [0, 0.1) is 12.3 Å². The number of pyridine rings is 1. The molecule has 0 bridgehead atoms. The van der Waals surface area contributed by atoms with Crippen LogP contribution in [0.4, 0.5) is 0 Å². The van der Waals surface area contributed by atoms with Crippen LogP contribution >= 0.6 is 15.9 Å². The molecule has 1 aromatic carbocycles. The van der Waals surface area contributed by atoms with Gasteiger partial charge in [-0.05, 0) is 17.7 Å². The molecule has 0 amide bonds. The fourth-order valence-electron chi connectivity index (χ4n) is 1.72. The summed E-state index contributed by atoms with van der Waals surface area (Å²) in [6.07, 6.45) is 7.78. The minimum atomic E-state index is 0.752.